The average Bonchev–Trinajstić information content (AvgIpc) is 2.02. The molecule has 0 bridgehead atoms. The van der Waals surface area contributed by atoms with Crippen LogP contribution in [0.15, 0.2) is 0 Å². The van der Waals surface area contributed by atoms with Crippen LogP contribution >= 0.6 is 0 Å². The molecule has 1 atom stereocenters. The molecular weight excluding hydrogens is 152 g/mol. The van der Waals surface area contributed by atoms with Crippen LogP contribution in [-0.2, 0) is 14.3 Å². The maximum atomic E-state index is 10.6. The van der Waals surface area contributed by atoms with Crippen molar-refractivity contribution in [2.75, 3.05) is 13.7 Å². The molecule has 0 aromatic heterocycles. The third-order valence-corrected chi connectivity index (χ3v) is 1.09. The highest BCUT2D eigenvalue weighted by Gasteiger charge is 2.17. The zero-order valence-corrected chi connectivity index (χ0v) is 6.11. The van der Waals surface area contributed by atoms with Crippen molar-refractivity contribution in [1.29, 1.82) is 0 Å². The summed E-state index contributed by atoms with van der Waals surface area (Å²) in [6.07, 6.45) is -1.98. The number of ether oxygens (including phenoxy) is 1. The summed E-state index contributed by atoms with van der Waals surface area (Å²) in [4.78, 5) is 21.0. The summed E-state index contributed by atoms with van der Waals surface area (Å²) in [6, 6.07) is 0. The number of hydrogen-bond donors (Lipinski definition) is 2. The minimum atomic E-state index is -1.48. The number of methoxy groups -OCH3 is 1. The van der Waals surface area contributed by atoms with Crippen LogP contribution in [0.2, 0.25) is 0 Å². The van der Waals surface area contributed by atoms with E-state index in [1.807, 2.05) is 0 Å². The Balaban J connectivity index is 3.77. The molecule has 2 N–H and O–H groups in total. The molecule has 0 amide bonds. The van der Waals surface area contributed by atoms with E-state index in [0.717, 1.165) is 7.11 Å². The van der Waals surface area contributed by atoms with Crippen molar-refractivity contribution in [2.45, 2.75) is 12.5 Å². The normalized spacial score (nSPS) is 12.3. The largest absolute Gasteiger partial charge is 0.469 e. The molecule has 0 spiro atoms. The van der Waals surface area contributed by atoms with Crippen LogP contribution in [0.1, 0.15) is 6.42 Å². The molecule has 0 saturated heterocycles. The third-order valence-electron chi connectivity index (χ3n) is 1.09. The minimum absolute atomic E-state index is 0.502. The summed E-state index contributed by atoms with van der Waals surface area (Å²) >= 11 is 0. The van der Waals surface area contributed by atoms with Crippen LogP contribution < -0.4 is 0 Å². The fourth-order valence-electron chi connectivity index (χ4n) is 0.434. The van der Waals surface area contributed by atoms with Gasteiger partial charge in [-0.15, -0.1) is 0 Å². The first kappa shape index (κ1) is 10.1. The summed E-state index contributed by atoms with van der Waals surface area (Å²) in [5.74, 6) is -1.46. The Morgan fingerprint density at radius 2 is 2.09 bits per heavy atom. The Kier molecular flexibility index (Phi) is 4.40. The Hall–Kier alpha value is -0.940. The van der Waals surface area contributed by atoms with E-state index in [-0.39, 0.29) is 0 Å². The molecule has 0 fully saturated rings. The molecule has 0 saturated carbocycles. The zero-order chi connectivity index (χ0) is 8.85. The summed E-state index contributed by atoms with van der Waals surface area (Å²) in [5, 5.41) is 16.9. The molecule has 0 radical (unpaired) electrons. The van der Waals surface area contributed by atoms with E-state index in [1.54, 1.807) is 0 Å². The lowest BCUT2D eigenvalue weighted by atomic mass is 10.2. The van der Waals surface area contributed by atoms with Crippen LogP contribution in [0.25, 0.3) is 0 Å². The van der Waals surface area contributed by atoms with E-state index in [9.17, 15) is 9.59 Å². The van der Waals surface area contributed by atoms with Crippen molar-refractivity contribution < 1.29 is 24.5 Å². The first-order chi connectivity index (χ1) is 5.11. The quantitative estimate of drug-likeness (QED) is 0.387. The summed E-state index contributed by atoms with van der Waals surface area (Å²) in [5.41, 5.74) is 0. The van der Waals surface area contributed by atoms with Gasteiger partial charge in [0.25, 0.3) is 0 Å². The second-order valence-electron chi connectivity index (χ2n) is 1.92. The highest BCUT2D eigenvalue weighted by atomic mass is 16.5. The van der Waals surface area contributed by atoms with E-state index in [1.165, 1.54) is 0 Å². The molecule has 11 heavy (non-hydrogen) atoms. The molecule has 5 nitrogen and oxygen atoms in total. The molecule has 5 heteroatoms. The number of aliphatic hydroxyl groups excluding tert-OH is 2. The van der Waals surface area contributed by atoms with Crippen molar-refractivity contribution in [3.63, 3.8) is 0 Å². The minimum Gasteiger partial charge on any atom is -0.469 e. The Morgan fingerprint density at radius 3 is 2.45 bits per heavy atom. The molecule has 0 aromatic carbocycles. The highest BCUT2D eigenvalue weighted by Crippen LogP contribution is 1.92. The first-order valence-electron chi connectivity index (χ1n) is 3.00. The Labute approximate surface area is 63.6 Å². The van der Waals surface area contributed by atoms with Crippen LogP contribution in [0, 0.1) is 0 Å². The molecule has 0 rings (SSSR count). The first-order valence-corrected chi connectivity index (χ1v) is 3.00. The van der Waals surface area contributed by atoms with E-state index < -0.39 is 30.9 Å². The standard InChI is InChI=1S/C6H10O5/c1-11-6(10)2-4(8)5(9)3-7/h5,7,9H,2-3H2,1H3. The lowest BCUT2D eigenvalue weighted by molar-refractivity contribution is -0.145. The van der Waals surface area contributed by atoms with Gasteiger partial charge in [-0.1, -0.05) is 0 Å². The van der Waals surface area contributed by atoms with E-state index in [2.05, 4.69) is 4.74 Å². The fourth-order valence-corrected chi connectivity index (χ4v) is 0.434. The zero-order valence-electron chi connectivity index (χ0n) is 6.11. The van der Waals surface area contributed by atoms with Crippen molar-refractivity contribution in [2.24, 2.45) is 0 Å². The number of rotatable bonds is 4. The molecule has 0 aliphatic heterocycles. The monoisotopic (exact) mass is 162 g/mol. The predicted octanol–water partition coefficient (Wildman–Crippen LogP) is -1.53. The maximum absolute atomic E-state index is 10.6. The van der Waals surface area contributed by atoms with Crippen LogP contribution in [-0.4, -0.2) is 41.8 Å². The second-order valence-corrected chi connectivity index (χ2v) is 1.92. The number of esters is 1. The number of carbonyl (C=O) groups is 2. The van der Waals surface area contributed by atoms with E-state index >= 15 is 0 Å². The molecule has 0 aliphatic rings. The van der Waals surface area contributed by atoms with Gasteiger partial charge in [-0.3, -0.25) is 9.59 Å². The van der Waals surface area contributed by atoms with Gasteiger partial charge in [-0.05, 0) is 0 Å². The average molecular weight is 162 g/mol. The fraction of sp³-hybridized carbons (Fsp3) is 0.667. The molecule has 0 aliphatic carbocycles. The topological polar surface area (TPSA) is 83.8 Å². The van der Waals surface area contributed by atoms with Crippen molar-refractivity contribution in [1.82, 2.24) is 0 Å². The second kappa shape index (κ2) is 4.81. The lowest BCUT2D eigenvalue weighted by Gasteiger charge is -2.03. The van der Waals surface area contributed by atoms with Crippen molar-refractivity contribution >= 4 is 11.8 Å². The van der Waals surface area contributed by atoms with Crippen molar-refractivity contribution in [3.05, 3.63) is 0 Å². The SMILES string of the molecule is COC(=O)CC(=O)C(O)CO. The van der Waals surface area contributed by atoms with Crippen LogP contribution in [0.3, 0.4) is 0 Å². The van der Waals surface area contributed by atoms with Crippen LogP contribution in [0.5, 0.6) is 0 Å². The molecule has 0 aromatic rings. The number of carbonyl (C=O) groups excluding carboxylic acids is 2. The highest BCUT2D eigenvalue weighted by molar-refractivity contribution is 5.97. The molecular formula is C6H10O5. The Bertz CT molecular complexity index is 153. The van der Waals surface area contributed by atoms with Crippen LogP contribution in [0.4, 0.5) is 0 Å². The summed E-state index contributed by atoms with van der Waals surface area (Å²) < 4.78 is 4.16. The smallest absolute Gasteiger partial charge is 0.313 e. The van der Waals surface area contributed by atoms with Gasteiger partial charge in [0.05, 0.1) is 13.7 Å². The summed E-state index contributed by atoms with van der Waals surface area (Å²) in [7, 11) is 1.14. The van der Waals surface area contributed by atoms with Gasteiger partial charge in [0.2, 0.25) is 0 Å². The number of aliphatic hydroxyl groups is 2. The lowest BCUT2D eigenvalue weighted by Crippen LogP contribution is -2.26. The number of ketones is 1. The summed E-state index contributed by atoms with van der Waals surface area (Å²) in [6.45, 7) is -0.671. The predicted molar refractivity (Wildman–Crippen MR) is 34.7 cm³/mol. The maximum Gasteiger partial charge on any atom is 0.313 e. The van der Waals surface area contributed by atoms with E-state index in [4.69, 9.17) is 10.2 Å². The van der Waals surface area contributed by atoms with Gasteiger partial charge in [-0.25, -0.2) is 0 Å². The van der Waals surface area contributed by atoms with Gasteiger partial charge in [0.15, 0.2) is 5.78 Å². The number of Topliss-reactive ketones (excluding diaryl/α,β-unsaturated/α-hetero) is 1. The third kappa shape index (κ3) is 3.69. The van der Waals surface area contributed by atoms with Crippen molar-refractivity contribution in [3.8, 4) is 0 Å². The Morgan fingerprint density at radius 1 is 1.55 bits per heavy atom. The number of hydrogen-bond acceptors (Lipinski definition) is 5. The molecule has 64 valence electrons. The van der Waals surface area contributed by atoms with Gasteiger partial charge < -0.3 is 14.9 Å². The molecule has 0 heterocycles. The van der Waals surface area contributed by atoms with Gasteiger partial charge in [0, 0.05) is 0 Å². The van der Waals surface area contributed by atoms with E-state index in [0.29, 0.717) is 0 Å². The van der Waals surface area contributed by atoms with Gasteiger partial charge >= 0.3 is 5.97 Å². The van der Waals surface area contributed by atoms with Gasteiger partial charge in [0.1, 0.15) is 12.5 Å². The van der Waals surface area contributed by atoms with Gasteiger partial charge in [-0.2, -0.15) is 0 Å². The molecule has 1 unspecified atom stereocenters.